The summed E-state index contributed by atoms with van der Waals surface area (Å²) in [5.74, 6) is 1.78. The van der Waals surface area contributed by atoms with Gasteiger partial charge in [-0.1, -0.05) is 36.8 Å². The molecule has 0 spiro atoms. The van der Waals surface area contributed by atoms with Gasteiger partial charge in [0.05, 0.1) is 13.2 Å². The van der Waals surface area contributed by atoms with Gasteiger partial charge in [0.1, 0.15) is 5.75 Å². The molecule has 0 radical (unpaired) electrons. The number of aromatic nitrogens is 4. The first-order valence-corrected chi connectivity index (χ1v) is 11.6. The molecule has 4 aromatic rings. The number of imidazole rings is 1. The van der Waals surface area contributed by atoms with Crippen molar-refractivity contribution in [3.05, 3.63) is 80.5 Å². The normalized spacial score (nSPS) is 15.5. The Bertz CT molecular complexity index is 1480. The van der Waals surface area contributed by atoms with E-state index in [0.717, 1.165) is 29.1 Å². The number of aryl methyl sites for hydroxylation is 2. The molecule has 0 saturated carbocycles. The van der Waals surface area contributed by atoms with Crippen molar-refractivity contribution in [3.63, 3.8) is 0 Å². The van der Waals surface area contributed by atoms with Crippen molar-refractivity contribution in [2.45, 2.75) is 33.9 Å². The number of hydrogen-bond acceptors (Lipinski definition) is 5. The number of anilines is 2. The summed E-state index contributed by atoms with van der Waals surface area (Å²) in [7, 11) is 1.68. The minimum absolute atomic E-state index is 0.224. The molecule has 0 N–H and O–H groups in total. The second kappa shape index (κ2) is 8.52. The molecular formula is C26H29N5O3. The Morgan fingerprint density at radius 1 is 1.09 bits per heavy atom. The van der Waals surface area contributed by atoms with E-state index in [9.17, 15) is 9.59 Å². The number of benzene rings is 2. The van der Waals surface area contributed by atoms with E-state index in [4.69, 9.17) is 9.72 Å². The lowest BCUT2D eigenvalue weighted by atomic mass is 10.1. The third-order valence-corrected chi connectivity index (χ3v) is 6.32. The number of fused-ring (bicyclic) bond motifs is 3. The van der Waals surface area contributed by atoms with E-state index >= 15 is 0 Å². The van der Waals surface area contributed by atoms with Crippen molar-refractivity contribution >= 4 is 22.8 Å². The molecule has 176 valence electrons. The fourth-order valence-electron chi connectivity index (χ4n) is 4.74. The van der Waals surface area contributed by atoms with Crippen LogP contribution in [-0.2, 0) is 20.1 Å². The van der Waals surface area contributed by atoms with Crippen molar-refractivity contribution < 1.29 is 4.74 Å². The van der Waals surface area contributed by atoms with Gasteiger partial charge in [0.25, 0.3) is 5.56 Å². The fraction of sp³-hybridized carbons (Fsp3) is 0.346. The SMILES string of the molecule is CCOc1ccc(N2CC(C)Cn3c2nc2c3c(=O)n(Cc3cccc(C)c3)c(=O)n2C)cc1. The molecule has 3 heterocycles. The topological polar surface area (TPSA) is 74.3 Å². The van der Waals surface area contributed by atoms with Crippen molar-refractivity contribution in [2.75, 3.05) is 18.1 Å². The second-order valence-corrected chi connectivity index (χ2v) is 9.06. The average Bonchev–Trinajstić information content (AvgIpc) is 3.20. The zero-order valence-electron chi connectivity index (χ0n) is 20.0. The van der Waals surface area contributed by atoms with E-state index in [1.165, 1.54) is 9.13 Å². The summed E-state index contributed by atoms with van der Waals surface area (Å²) in [6.07, 6.45) is 0. The first-order chi connectivity index (χ1) is 16.4. The molecular weight excluding hydrogens is 430 g/mol. The zero-order valence-corrected chi connectivity index (χ0v) is 20.0. The van der Waals surface area contributed by atoms with Crippen LogP contribution < -0.4 is 20.9 Å². The van der Waals surface area contributed by atoms with Crippen LogP contribution >= 0.6 is 0 Å². The molecule has 2 aromatic carbocycles. The molecule has 34 heavy (non-hydrogen) atoms. The van der Waals surface area contributed by atoms with Crippen molar-refractivity contribution in [1.29, 1.82) is 0 Å². The van der Waals surface area contributed by atoms with Gasteiger partial charge in [-0.3, -0.25) is 13.9 Å². The maximum atomic E-state index is 13.6. The predicted octanol–water partition coefficient (Wildman–Crippen LogP) is 3.44. The Kier molecular flexibility index (Phi) is 5.51. The fourth-order valence-corrected chi connectivity index (χ4v) is 4.74. The summed E-state index contributed by atoms with van der Waals surface area (Å²) < 4.78 is 10.3. The van der Waals surface area contributed by atoms with Crippen molar-refractivity contribution in [2.24, 2.45) is 13.0 Å². The van der Waals surface area contributed by atoms with Crippen LogP contribution in [0, 0.1) is 12.8 Å². The van der Waals surface area contributed by atoms with Crippen molar-refractivity contribution in [3.8, 4) is 5.75 Å². The molecule has 8 heteroatoms. The van der Waals surface area contributed by atoms with E-state index in [1.807, 2.05) is 66.9 Å². The van der Waals surface area contributed by atoms with Gasteiger partial charge in [0.15, 0.2) is 11.2 Å². The molecule has 0 saturated heterocycles. The smallest absolute Gasteiger partial charge is 0.332 e. The molecule has 1 aliphatic heterocycles. The van der Waals surface area contributed by atoms with Crippen LogP contribution in [0.3, 0.4) is 0 Å². The Labute approximate surface area is 197 Å². The molecule has 1 atom stereocenters. The highest BCUT2D eigenvalue weighted by Gasteiger charge is 2.29. The highest BCUT2D eigenvalue weighted by Crippen LogP contribution is 2.33. The number of hydrogen-bond donors (Lipinski definition) is 0. The van der Waals surface area contributed by atoms with E-state index in [0.29, 0.717) is 36.2 Å². The molecule has 0 aliphatic carbocycles. The van der Waals surface area contributed by atoms with Gasteiger partial charge in [-0.25, -0.2) is 4.79 Å². The first kappa shape index (κ1) is 22.0. The third kappa shape index (κ3) is 3.69. The van der Waals surface area contributed by atoms with Gasteiger partial charge in [-0.05, 0) is 49.6 Å². The predicted molar refractivity (Wildman–Crippen MR) is 133 cm³/mol. The third-order valence-electron chi connectivity index (χ3n) is 6.32. The van der Waals surface area contributed by atoms with Gasteiger partial charge in [0, 0.05) is 25.8 Å². The second-order valence-electron chi connectivity index (χ2n) is 9.06. The van der Waals surface area contributed by atoms with Crippen molar-refractivity contribution in [1.82, 2.24) is 18.7 Å². The molecule has 1 unspecified atom stereocenters. The Morgan fingerprint density at radius 3 is 2.56 bits per heavy atom. The summed E-state index contributed by atoms with van der Waals surface area (Å²) in [6.45, 7) is 8.38. The van der Waals surface area contributed by atoms with Crippen LogP contribution in [0.1, 0.15) is 25.0 Å². The quantitative estimate of drug-likeness (QED) is 0.457. The summed E-state index contributed by atoms with van der Waals surface area (Å²) in [5, 5.41) is 0. The van der Waals surface area contributed by atoms with Gasteiger partial charge in [-0.15, -0.1) is 0 Å². The Hall–Kier alpha value is -3.81. The van der Waals surface area contributed by atoms with Crippen LogP contribution in [0.25, 0.3) is 11.2 Å². The zero-order chi connectivity index (χ0) is 24.0. The lowest BCUT2D eigenvalue weighted by Crippen LogP contribution is -2.40. The standard InChI is InChI=1S/C26H29N5O3/c1-5-34-21-11-9-20(10-12-21)29-14-18(3)15-30-22-23(27-25(29)30)28(4)26(33)31(24(22)32)16-19-8-6-7-17(2)13-19/h6-13,18H,5,14-16H2,1-4H3. The van der Waals surface area contributed by atoms with E-state index in [1.54, 1.807) is 7.05 Å². The number of nitrogens with zero attached hydrogens (tertiary/aromatic N) is 5. The Balaban J connectivity index is 1.66. The minimum atomic E-state index is -0.366. The Morgan fingerprint density at radius 2 is 1.85 bits per heavy atom. The lowest BCUT2D eigenvalue weighted by Gasteiger charge is -2.33. The minimum Gasteiger partial charge on any atom is -0.494 e. The molecule has 5 rings (SSSR count). The van der Waals surface area contributed by atoms with Gasteiger partial charge >= 0.3 is 5.69 Å². The monoisotopic (exact) mass is 459 g/mol. The van der Waals surface area contributed by atoms with Crippen LogP contribution in [0.15, 0.2) is 58.1 Å². The largest absolute Gasteiger partial charge is 0.494 e. The van der Waals surface area contributed by atoms with E-state index in [2.05, 4.69) is 11.8 Å². The van der Waals surface area contributed by atoms with Crippen LogP contribution in [-0.4, -0.2) is 31.8 Å². The lowest BCUT2D eigenvalue weighted by molar-refractivity contribution is 0.340. The molecule has 0 bridgehead atoms. The molecule has 8 nitrogen and oxygen atoms in total. The average molecular weight is 460 g/mol. The van der Waals surface area contributed by atoms with Gasteiger partial charge in [-0.2, -0.15) is 4.98 Å². The highest BCUT2D eigenvalue weighted by atomic mass is 16.5. The van der Waals surface area contributed by atoms with E-state index < -0.39 is 0 Å². The van der Waals surface area contributed by atoms with Crippen LogP contribution in [0.5, 0.6) is 5.75 Å². The molecule has 2 aromatic heterocycles. The molecule has 0 fully saturated rings. The maximum Gasteiger partial charge on any atom is 0.332 e. The van der Waals surface area contributed by atoms with Crippen LogP contribution in [0.2, 0.25) is 0 Å². The van der Waals surface area contributed by atoms with E-state index in [-0.39, 0.29) is 17.8 Å². The van der Waals surface area contributed by atoms with Crippen LogP contribution in [0.4, 0.5) is 11.6 Å². The summed E-state index contributed by atoms with van der Waals surface area (Å²) in [5.41, 5.74) is 3.18. The first-order valence-electron chi connectivity index (χ1n) is 11.6. The number of ether oxygens (including phenoxy) is 1. The van der Waals surface area contributed by atoms with Gasteiger partial charge in [0.2, 0.25) is 5.95 Å². The summed E-state index contributed by atoms with van der Waals surface area (Å²) >= 11 is 0. The molecule has 1 aliphatic rings. The highest BCUT2D eigenvalue weighted by molar-refractivity contribution is 5.77. The summed E-state index contributed by atoms with van der Waals surface area (Å²) in [6, 6.07) is 15.8. The summed E-state index contributed by atoms with van der Waals surface area (Å²) in [4.78, 5) is 33.7. The maximum absolute atomic E-state index is 13.6. The van der Waals surface area contributed by atoms with Gasteiger partial charge < -0.3 is 14.2 Å². The molecule has 0 amide bonds. The number of rotatable bonds is 5.